The van der Waals surface area contributed by atoms with E-state index in [9.17, 15) is 0 Å². The van der Waals surface area contributed by atoms with E-state index in [2.05, 4.69) is 66.0 Å². The Balaban J connectivity index is 0.000000774. The van der Waals surface area contributed by atoms with Gasteiger partial charge in [0.2, 0.25) is 0 Å². The first-order chi connectivity index (χ1) is 10.4. The molecular formula is C20H21N. The summed E-state index contributed by atoms with van der Waals surface area (Å²) in [5.41, 5.74) is 4.69. The van der Waals surface area contributed by atoms with Crippen LogP contribution in [-0.2, 0) is 0 Å². The molecule has 0 heterocycles. The molecule has 1 heteroatoms. The molecule has 0 unspecified atom stereocenters. The van der Waals surface area contributed by atoms with Crippen molar-refractivity contribution in [2.24, 2.45) is 0 Å². The molecule has 0 saturated heterocycles. The number of anilines is 2. The maximum absolute atomic E-state index is 3.38. The van der Waals surface area contributed by atoms with Crippen molar-refractivity contribution in [3.63, 3.8) is 0 Å². The summed E-state index contributed by atoms with van der Waals surface area (Å²) in [6.07, 6.45) is 0. The average Bonchev–Trinajstić information content (AvgIpc) is 2.59. The van der Waals surface area contributed by atoms with Crippen LogP contribution >= 0.6 is 0 Å². The monoisotopic (exact) mass is 275 g/mol. The van der Waals surface area contributed by atoms with Crippen LogP contribution in [0.15, 0.2) is 84.9 Å². The second-order valence-electron chi connectivity index (χ2n) is 4.43. The summed E-state index contributed by atoms with van der Waals surface area (Å²) >= 11 is 0. The molecule has 0 aliphatic carbocycles. The number of benzene rings is 3. The van der Waals surface area contributed by atoms with E-state index < -0.39 is 0 Å². The van der Waals surface area contributed by atoms with Gasteiger partial charge in [0, 0.05) is 11.4 Å². The van der Waals surface area contributed by atoms with E-state index in [0.29, 0.717) is 0 Å². The van der Waals surface area contributed by atoms with Crippen LogP contribution in [0.4, 0.5) is 11.4 Å². The third-order valence-corrected chi connectivity index (χ3v) is 3.05. The minimum Gasteiger partial charge on any atom is -0.356 e. The van der Waals surface area contributed by atoms with Crippen LogP contribution in [-0.4, -0.2) is 0 Å². The smallest absolute Gasteiger partial charge is 0.0384 e. The van der Waals surface area contributed by atoms with Crippen molar-refractivity contribution in [3.05, 3.63) is 84.9 Å². The molecule has 0 atom stereocenters. The van der Waals surface area contributed by atoms with E-state index in [-0.39, 0.29) is 0 Å². The molecule has 0 spiro atoms. The van der Waals surface area contributed by atoms with Crippen LogP contribution in [0, 0.1) is 0 Å². The predicted octanol–water partition coefficient (Wildman–Crippen LogP) is 6.12. The molecule has 0 fully saturated rings. The first kappa shape index (κ1) is 14.9. The largest absolute Gasteiger partial charge is 0.356 e. The summed E-state index contributed by atoms with van der Waals surface area (Å²) in [5.74, 6) is 0. The van der Waals surface area contributed by atoms with Gasteiger partial charge in [-0.25, -0.2) is 0 Å². The zero-order valence-corrected chi connectivity index (χ0v) is 12.6. The van der Waals surface area contributed by atoms with Crippen molar-refractivity contribution in [2.45, 2.75) is 13.8 Å². The molecule has 21 heavy (non-hydrogen) atoms. The number of rotatable bonds is 3. The fourth-order valence-corrected chi connectivity index (χ4v) is 2.06. The fourth-order valence-electron chi connectivity index (χ4n) is 2.06. The number of hydrogen-bond donors (Lipinski definition) is 1. The topological polar surface area (TPSA) is 12.0 Å². The molecule has 0 saturated carbocycles. The lowest BCUT2D eigenvalue weighted by Crippen LogP contribution is -1.89. The Hall–Kier alpha value is -2.54. The highest BCUT2D eigenvalue weighted by atomic mass is 14.9. The van der Waals surface area contributed by atoms with Crippen molar-refractivity contribution in [1.29, 1.82) is 0 Å². The lowest BCUT2D eigenvalue weighted by Gasteiger charge is -2.07. The van der Waals surface area contributed by atoms with Crippen molar-refractivity contribution < 1.29 is 0 Å². The molecule has 1 nitrogen and oxygen atoms in total. The predicted molar refractivity (Wildman–Crippen MR) is 93.0 cm³/mol. The quantitative estimate of drug-likeness (QED) is 0.607. The van der Waals surface area contributed by atoms with E-state index in [0.717, 1.165) is 11.4 Å². The van der Waals surface area contributed by atoms with E-state index >= 15 is 0 Å². The van der Waals surface area contributed by atoms with Crippen LogP contribution < -0.4 is 5.32 Å². The molecule has 0 bridgehead atoms. The molecule has 3 aromatic carbocycles. The third kappa shape index (κ3) is 4.22. The molecule has 3 aromatic rings. The van der Waals surface area contributed by atoms with Gasteiger partial charge in [-0.3, -0.25) is 0 Å². The minimum atomic E-state index is 1.10. The molecule has 0 aliphatic heterocycles. The highest BCUT2D eigenvalue weighted by Crippen LogP contribution is 2.22. The third-order valence-electron chi connectivity index (χ3n) is 3.05. The fraction of sp³-hybridized carbons (Fsp3) is 0.100. The lowest BCUT2D eigenvalue weighted by atomic mass is 10.1. The van der Waals surface area contributed by atoms with Gasteiger partial charge < -0.3 is 5.32 Å². The van der Waals surface area contributed by atoms with E-state index in [4.69, 9.17) is 0 Å². The van der Waals surface area contributed by atoms with Gasteiger partial charge in [0.1, 0.15) is 0 Å². The number of para-hydroxylation sites is 1. The lowest BCUT2D eigenvalue weighted by molar-refractivity contribution is 1.50. The first-order valence-corrected chi connectivity index (χ1v) is 7.39. The molecule has 0 amide bonds. The zero-order chi connectivity index (χ0) is 14.9. The number of nitrogens with one attached hydrogen (secondary N) is 1. The van der Waals surface area contributed by atoms with Crippen molar-refractivity contribution >= 4 is 11.4 Å². The Morgan fingerprint density at radius 1 is 0.476 bits per heavy atom. The zero-order valence-electron chi connectivity index (χ0n) is 12.6. The van der Waals surface area contributed by atoms with Crippen LogP contribution in [0.25, 0.3) is 11.1 Å². The summed E-state index contributed by atoms with van der Waals surface area (Å²) in [7, 11) is 0. The second-order valence-corrected chi connectivity index (χ2v) is 4.43. The summed E-state index contributed by atoms with van der Waals surface area (Å²) in [5, 5.41) is 3.38. The average molecular weight is 275 g/mol. The van der Waals surface area contributed by atoms with Gasteiger partial charge in [-0.15, -0.1) is 0 Å². The van der Waals surface area contributed by atoms with Gasteiger partial charge in [0.25, 0.3) is 0 Å². The molecule has 0 aliphatic rings. The number of hydrogen-bond acceptors (Lipinski definition) is 1. The highest BCUT2D eigenvalue weighted by Gasteiger charge is 1.97. The Kier molecular flexibility index (Phi) is 5.60. The van der Waals surface area contributed by atoms with Gasteiger partial charge in [0.15, 0.2) is 0 Å². The molecule has 0 aromatic heterocycles. The van der Waals surface area contributed by atoms with E-state index in [1.165, 1.54) is 11.1 Å². The van der Waals surface area contributed by atoms with Crippen LogP contribution in [0.3, 0.4) is 0 Å². The summed E-state index contributed by atoms with van der Waals surface area (Å²) in [6.45, 7) is 4.00. The van der Waals surface area contributed by atoms with Gasteiger partial charge in [-0.05, 0) is 35.4 Å². The summed E-state index contributed by atoms with van der Waals surface area (Å²) in [4.78, 5) is 0. The second kappa shape index (κ2) is 7.91. The van der Waals surface area contributed by atoms with Crippen molar-refractivity contribution in [1.82, 2.24) is 0 Å². The maximum atomic E-state index is 3.38. The Morgan fingerprint density at radius 3 is 1.48 bits per heavy atom. The normalized spacial score (nSPS) is 9.43. The van der Waals surface area contributed by atoms with Crippen LogP contribution in [0.5, 0.6) is 0 Å². The van der Waals surface area contributed by atoms with E-state index in [1.54, 1.807) is 0 Å². The van der Waals surface area contributed by atoms with Crippen LogP contribution in [0.2, 0.25) is 0 Å². The minimum absolute atomic E-state index is 1.10. The SMILES string of the molecule is CC.c1ccc(Nc2ccc(-c3ccccc3)cc2)cc1. The molecule has 3 rings (SSSR count). The van der Waals surface area contributed by atoms with Gasteiger partial charge in [-0.1, -0.05) is 74.5 Å². The van der Waals surface area contributed by atoms with E-state index in [1.807, 2.05) is 38.1 Å². The summed E-state index contributed by atoms with van der Waals surface area (Å²) in [6, 6.07) is 29.1. The Labute approximate surface area is 127 Å². The van der Waals surface area contributed by atoms with Crippen LogP contribution in [0.1, 0.15) is 13.8 Å². The van der Waals surface area contributed by atoms with Crippen molar-refractivity contribution in [2.75, 3.05) is 5.32 Å². The first-order valence-electron chi connectivity index (χ1n) is 7.39. The molecule has 0 radical (unpaired) electrons. The highest BCUT2D eigenvalue weighted by molar-refractivity contribution is 5.68. The molecular weight excluding hydrogens is 254 g/mol. The van der Waals surface area contributed by atoms with Gasteiger partial charge >= 0.3 is 0 Å². The van der Waals surface area contributed by atoms with Gasteiger partial charge in [0.05, 0.1) is 0 Å². The molecule has 106 valence electrons. The Bertz CT molecular complexity index is 628. The standard InChI is InChI=1S/C18H15N.C2H6/c1-3-7-15(8-4-1)16-11-13-18(14-12-16)19-17-9-5-2-6-10-17;1-2/h1-14,19H;1-2H3. The van der Waals surface area contributed by atoms with Gasteiger partial charge in [-0.2, -0.15) is 0 Å². The Morgan fingerprint density at radius 2 is 0.905 bits per heavy atom. The summed E-state index contributed by atoms with van der Waals surface area (Å²) < 4.78 is 0. The molecule has 1 N–H and O–H groups in total. The maximum Gasteiger partial charge on any atom is 0.0384 e. The van der Waals surface area contributed by atoms with Crippen molar-refractivity contribution in [3.8, 4) is 11.1 Å².